The van der Waals surface area contributed by atoms with E-state index >= 15 is 0 Å². The second kappa shape index (κ2) is 6.77. The van der Waals surface area contributed by atoms with Crippen LogP contribution in [-0.2, 0) is 6.42 Å². The van der Waals surface area contributed by atoms with Gasteiger partial charge in [-0.05, 0) is 25.2 Å². The molecule has 0 aromatic carbocycles. The van der Waals surface area contributed by atoms with Gasteiger partial charge in [0.25, 0.3) is 0 Å². The Morgan fingerprint density at radius 1 is 1.60 bits per heavy atom. The van der Waals surface area contributed by atoms with Crippen LogP contribution < -0.4 is 5.32 Å². The van der Waals surface area contributed by atoms with E-state index in [4.69, 9.17) is 4.52 Å². The Bertz CT molecular complexity index is 442. The van der Waals surface area contributed by atoms with Crippen molar-refractivity contribution >= 4 is 6.03 Å². The van der Waals surface area contributed by atoms with Gasteiger partial charge in [0.15, 0.2) is 0 Å². The Morgan fingerprint density at radius 3 is 3.10 bits per heavy atom. The van der Waals surface area contributed by atoms with Gasteiger partial charge in [0.2, 0.25) is 0 Å². The second-order valence-corrected chi connectivity index (χ2v) is 5.90. The minimum absolute atomic E-state index is 0.0150. The van der Waals surface area contributed by atoms with Crippen LogP contribution in [0.4, 0.5) is 4.79 Å². The van der Waals surface area contributed by atoms with Gasteiger partial charge >= 0.3 is 6.03 Å². The molecule has 1 atom stereocenters. The van der Waals surface area contributed by atoms with Gasteiger partial charge in [-0.3, -0.25) is 0 Å². The number of amides is 2. The van der Waals surface area contributed by atoms with Gasteiger partial charge in [0.1, 0.15) is 11.5 Å². The van der Waals surface area contributed by atoms with Gasteiger partial charge in [-0.25, -0.2) is 4.79 Å². The van der Waals surface area contributed by atoms with Crippen LogP contribution >= 0.6 is 0 Å². The number of nitrogens with one attached hydrogen (secondary N) is 1. The maximum atomic E-state index is 12.2. The summed E-state index contributed by atoms with van der Waals surface area (Å²) < 4.78 is 5.34. The highest BCUT2D eigenvalue weighted by atomic mass is 16.5. The first kappa shape index (κ1) is 14.9. The average Bonchev–Trinajstić information content (AvgIpc) is 3.04. The number of carbonyl (C=O) groups excluding carboxylic acids is 1. The Morgan fingerprint density at radius 2 is 2.40 bits per heavy atom. The number of hydrogen-bond donors (Lipinski definition) is 1. The molecule has 0 saturated carbocycles. The molecule has 20 heavy (non-hydrogen) atoms. The van der Waals surface area contributed by atoms with E-state index in [0.29, 0.717) is 12.5 Å². The Balaban J connectivity index is 2.00. The number of nitrogens with zero attached hydrogens (tertiary/aromatic N) is 2. The minimum atomic E-state index is 0.0150. The molecule has 2 rings (SSSR count). The fourth-order valence-corrected chi connectivity index (χ4v) is 2.56. The fourth-order valence-electron chi connectivity index (χ4n) is 2.56. The molecule has 5 nitrogen and oxygen atoms in total. The molecule has 1 fully saturated rings. The lowest BCUT2D eigenvalue weighted by Crippen LogP contribution is -2.40. The molecule has 0 unspecified atom stereocenters. The van der Waals surface area contributed by atoms with E-state index in [1.807, 2.05) is 11.0 Å². The first-order valence-electron chi connectivity index (χ1n) is 7.61. The standard InChI is InChI=1S/C15H25N3O2/c1-4-6-12-9-13(17-20-12)14-7-5-8-18(14)15(19)16-10-11(2)3/h9,11,14H,4-8,10H2,1-3H3,(H,16,19)/t14-/m0/s1. The number of likely N-dealkylation sites (tertiary alicyclic amines) is 1. The molecule has 2 heterocycles. The molecule has 1 aliphatic rings. The fraction of sp³-hybridized carbons (Fsp3) is 0.733. The highest BCUT2D eigenvalue weighted by molar-refractivity contribution is 5.75. The van der Waals surface area contributed by atoms with Crippen molar-refractivity contribution in [2.24, 2.45) is 5.92 Å². The van der Waals surface area contributed by atoms with Gasteiger partial charge < -0.3 is 14.7 Å². The molecule has 112 valence electrons. The van der Waals surface area contributed by atoms with Gasteiger partial charge in [-0.2, -0.15) is 0 Å². The number of rotatable bonds is 5. The molecule has 1 aromatic rings. The summed E-state index contributed by atoms with van der Waals surface area (Å²) in [6.45, 7) is 7.81. The first-order chi connectivity index (χ1) is 9.61. The molecule has 0 spiro atoms. The summed E-state index contributed by atoms with van der Waals surface area (Å²) in [6.07, 6.45) is 3.93. The van der Waals surface area contributed by atoms with Gasteiger partial charge in [-0.15, -0.1) is 0 Å². The number of aromatic nitrogens is 1. The van der Waals surface area contributed by atoms with Crippen LogP contribution in [0.2, 0.25) is 0 Å². The SMILES string of the molecule is CCCc1cc([C@@H]2CCCN2C(=O)NCC(C)C)no1. The Kier molecular flexibility index (Phi) is 5.04. The minimum Gasteiger partial charge on any atom is -0.361 e. The number of hydrogen-bond acceptors (Lipinski definition) is 3. The van der Waals surface area contributed by atoms with Gasteiger partial charge in [-0.1, -0.05) is 25.9 Å². The third-order valence-electron chi connectivity index (χ3n) is 3.59. The highest BCUT2D eigenvalue weighted by Crippen LogP contribution is 2.31. The van der Waals surface area contributed by atoms with Crippen molar-refractivity contribution in [1.29, 1.82) is 0 Å². The summed E-state index contributed by atoms with van der Waals surface area (Å²) >= 11 is 0. The average molecular weight is 279 g/mol. The normalized spacial score (nSPS) is 18.8. The van der Waals surface area contributed by atoms with Crippen molar-refractivity contribution in [2.75, 3.05) is 13.1 Å². The number of carbonyl (C=O) groups is 1. The lowest BCUT2D eigenvalue weighted by molar-refractivity contribution is 0.189. The highest BCUT2D eigenvalue weighted by Gasteiger charge is 2.32. The first-order valence-corrected chi connectivity index (χ1v) is 7.61. The maximum absolute atomic E-state index is 12.2. The molecule has 2 amide bonds. The Labute approximate surface area is 120 Å². The van der Waals surface area contributed by atoms with Crippen LogP contribution in [0.15, 0.2) is 10.6 Å². The summed E-state index contributed by atoms with van der Waals surface area (Å²) in [7, 11) is 0. The van der Waals surface area contributed by atoms with E-state index < -0.39 is 0 Å². The lowest BCUT2D eigenvalue weighted by Gasteiger charge is -2.23. The van der Waals surface area contributed by atoms with Crippen molar-refractivity contribution in [3.8, 4) is 0 Å². The summed E-state index contributed by atoms with van der Waals surface area (Å²) in [5, 5.41) is 7.13. The summed E-state index contributed by atoms with van der Waals surface area (Å²) in [5.41, 5.74) is 0.894. The van der Waals surface area contributed by atoms with Crippen LogP contribution in [0.1, 0.15) is 57.5 Å². The predicted molar refractivity (Wildman–Crippen MR) is 77.4 cm³/mol. The molecule has 5 heteroatoms. The van der Waals surface area contributed by atoms with E-state index in [1.54, 1.807) is 0 Å². The van der Waals surface area contributed by atoms with Crippen molar-refractivity contribution < 1.29 is 9.32 Å². The second-order valence-electron chi connectivity index (χ2n) is 5.90. The molecule has 1 N–H and O–H groups in total. The topological polar surface area (TPSA) is 58.4 Å². The van der Waals surface area contributed by atoms with Crippen LogP contribution in [0.3, 0.4) is 0 Å². The smallest absolute Gasteiger partial charge is 0.317 e. The maximum Gasteiger partial charge on any atom is 0.317 e. The zero-order chi connectivity index (χ0) is 14.5. The zero-order valence-corrected chi connectivity index (χ0v) is 12.7. The van der Waals surface area contributed by atoms with Crippen LogP contribution in [0.5, 0.6) is 0 Å². The van der Waals surface area contributed by atoms with E-state index in [-0.39, 0.29) is 12.1 Å². The van der Waals surface area contributed by atoms with Crippen LogP contribution in [0, 0.1) is 5.92 Å². The molecule has 1 saturated heterocycles. The zero-order valence-electron chi connectivity index (χ0n) is 12.7. The molecule has 0 aliphatic carbocycles. The van der Waals surface area contributed by atoms with Crippen LogP contribution in [0.25, 0.3) is 0 Å². The van der Waals surface area contributed by atoms with E-state index in [9.17, 15) is 4.79 Å². The molecule has 0 bridgehead atoms. The van der Waals surface area contributed by atoms with Gasteiger partial charge in [0, 0.05) is 25.6 Å². The monoisotopic (exact) mass is 279 g/mol. The quantitative estimate of drug-likeness (QED) is 0.901. The number of urea groups is 1. The largest absolute Gasteiger partial charge is 0.361 e. The predicted octanol–water partition coefficient (Wildman–Crippen LogP) is 3.13. The summed E-state index contributed by atoms with van der Waals surface area (Å²) in [5.74, 6) is 1.38. The lowest BCUT2D eigenvalue weighted by atomic mass is 10.1. The number of aryl methyl sites for hydroxylation is 1. The van der Waals surface area contributed by atoms with Crippen molar-refractivity contribution in [1.82, 2.24) is 15.4 Å². The van der Waals surface area contributed by atoms with Crippen LogP contribution in [-0.4, -0.2) is 29.2 Å². The van der Waals surface area contributed by atoms with Gasteiger partial charge in [0.05, 0.1) is 6.04 Å². The van der Waals surface area contributed by atoms with Crippen molar-refractivity contribution in [3.63, 3.8) is 0 Å². The third kappa shape index (κ3) is 3.52. The van der Waals surface area contributed by atoms with E-state index in [1.165, 1.54) is 0 Å². The van der Waals surface area contributed by atoms with E-state index in [2.05, 4.69) is 31.2 Å². The molecule has 0 radical (unpaired) electrons. The Hall–Kier alpha value is -1.52. The van der Waals surface area contributed by atoms with E-state index in [0.717, 1.165) is 43.7 Å². The molecule has 1 aliphatic heterocycles. The molecular formula is C15H25N3O2. The molecule has 1 aromatic heterocycles. The summed E-state index contributed by atoms with van der Waals surface area (Å²) in [4.78, 5) is 14.1. The third-order valence-corrected chi connectivity index (χ3v) is 3.59. The van der Waals surface area contributed by atoms with Crippen molar-refractivity contribution in [2.45, 2.75) is 52.5 Å². The van der Waals surface area contributed by atoms with Crippen molar-refractivity contribution in [3.05, 3.63) is 17.5 Å². The summed E-state index contributed by atoms with van der Waals surface area (Å²) in [6, 6.07) is 2.08. The molecular weight excluding hydrogens is 254 g/mol.